The van der Waals surface area contributed by atoms with Crippen LogP contribution < -0.4 is 15.8 Å². The van der Waals surface area contributed by atoms with Crippen molar-refractivity contribution in [3.05, 3.63) is 17.8 Å². The van der Waals surface area contributed by atoms with Crippen LogP contribution in [0.25, 0.3) is 0 Å². The molecule has 4 nitrogen and oxygen atoms in total. The second-order valence-electron chi connectivity index (χ2n) is 2.89. The second kappa shape index (κ2) is 5.72. The summed E-state index contributed by atoms with van der Waals surface area (Å²) in [5.41, 5.74) is 7.53. The van der Waals surface area contributed by atoms with Crippen LogP contribution in [0.15, 0.2) is 12.1 Å². The minimum Gasteiger partial charge on any atom is -0.384 e. The molecule has 4 N–H and O–H groups in total. The number of nitrogens with zero attached hydrogens (tertiary/aromatic N) is 1. The number of pyridine rings is 1. The Labute approximate surface area is 88.8 Å². The van der Waals surface area contributed by atoms with Crippen LogP contribution in [0.2, 0.25) is 0 Å². The topological polar surface area (TPSA) is 63.0 Å². The fraction of sp³-hybridized carbons (Fsp3) is 0.444. The average molecular weight is 212 g/mol. The van der Waals surface area contributed by atoms with Gasteiger partial charge in [0.15, 0.2) is 0 Å². The molecule has 0 bridgehead atoms. The molecule has 0 aliphatic rings. The third-order valence-corrected chi connectivity index (χ3v) is 2.29. The van der Waals surface area contributed by atoms with Gasteiger partial charge < -0.3 is 11.1 Å². The van der Waals surface area contributed by atoms with Gasteiger partial charge in [-0.25, -0.2) is 4.98 Å². The molecule has 0 radical (unpaired) electrons. The highest BCUT2D eigenvalue weighted by molar-refractivity contribution is 7.96. The number of hydrogen-bond donors (Lipinski definition) is 3. The van der Waals surface area contributed by atoms with E-state index in [9.17, 15) is 0 Å². The van der Waals surface area contributed by atoms with Crippen LogP contribution in [-0.4, -0.2) is 24.3 Å². The normalized spacial score (nSPS) is 10.1. The van der Waals surface area contributed by atoms with Crippen molar-refractivity contribution in [3.63, 3.8) is 0 Å². The first kappa shape index (κ1) is 11.1. The quantitative estimate of drug-likeness (QED) is 0.506. The molecule has 14 heavy (non-hydrogen) atoms. The van der Waals surface area contributed by atoms with Crippen LogP contribution >= 0.6 is 11.9 Å². The van der Waals surface area contributed by atoms with Crippen molar-refractivity contribution in [2.75, 3.05) is 30.4 Å². The highest BCUT2D eigenvalue weighted by Crippen LogP contribution is 2.12. The van der Waals surface area contributed by atoms with Crippen molar-refractivity contribution < 1.29 is 0 Å². The predicted molar refractivity (Wildman–Crippen MR) is 63.4 cm³/mol. The summed E-state index contributed by atoms with van der Waals surface area (Å²) in [6, 6.07) is 3.76. The lowest BCUT2D eigenvalue weighted by molar-refractivity contribution is 0.953. The van der Waals surface area contributed by atoms with Gasteiger partial charge in [0, 0.05) is 13.1 Å². The Bertz CT molecular complexity index is 290. The van der Waals surface area contributed by atoms with E-state index in [0.29, 0.717) is 5.82 Å². The molecule has 1 heterocycles. The summed E-state index contributed by atoms with van der Waals surface area (Å²) in [6.45, 7) is 3.75. The lowest BCUT2D eigenvalue weighted by Gasteiger charge is -2.08. The van der Waals surface area contributed by atoms with Crippen molar-refractivity contribution in [2.45, 2.75) is 6.92 Å². The molecule has 0 spiro atoms. The number of nitrogens with two attached hydrogens (primary N) is 1. The summed E-state index contributed by atoms with van der Waals surface area (Å²) in [4.78, 5) is 4.16. The van der Waals surface area contributed by atoms with E-state index >= 15 is 0 Å². The lowest BCUT2D eigenvalue weighted by Crippen LogP contribution is -2.16. The molecule has 1 aromatic heterocycles. The van der Waals surface area contributed by atoms with Gasteiger partial charge in [-0.2, -0.15) is 0 Å². The summed E-state index contributed by atoms with van der Waals surface area (Å²) in [7, 11) is 0. The first-order valence-corrected chi connectivity index (χ1v) is 5.69. The van der Waals surface area contributed by atoms with E-state index in [4.69, 9.17) is 5.73 Å². The standard InChI is InChI=1S/C9H16N4S/c1-7-8(3-4-9(10)13-7)11-5-6-12-14-2/h3-4,11-12H,5-6H2,1-2H3,(H2,10,13). The van der Waals surface area contributed by atoms with Crippen molar-refractivity contribution in [2.24, 2.45) is 0 Å². The van der Waals surface area contributed by atoms with Crippen molar-refractivity contribution >= 4 is 23.5 Å². The molecular weight excluding hydrogens is 196 g/mol. The molecule has 78 valence electrons. The van der Waals surface area contributed by atoms with E-state index in [-0.39, 0.29) is 0 Å². The Morgan fingerprint density at radius 2 is 2.21 bits per heavy atom. The minimum atomic E-state index is 0.565. The molecule has 1 aromatic rings. The number of hydrogen-bond acceptors (Lipinski definition) is 5. The zero-order chi connectivity index (χ0) is 10.4. The monoisotopic (exact) mass is 212 g/mol. The van der Waals surface area contributed by atoms with Gasteiger partial charge in [-0.05, 0) is 25.3 Å². The number of anilines is 2. The molecule has 0 aliphatic heterocycles. The molecule has 0 saturated carbocycles. The minimum absolute atomic E-state index is 0.565. The lowest BCUT2D eigenvalue weighted by atomic mass is 10.3. The van der Waals surface area contributed by atoms with Crippen LogP contribution in [0.3, 0.4) is 0 Å². The highest BCUT2D eigenvalue weighted by atomic mass is 32.2. The molecular formula is C9H16N4S. The zero-order valence-electron chi connectivity index (χ0n) is 8.50. The maximum absolute atomic E-state index is 5.55. The van der Waals surface area contributed by atoms with E-state index in [1.807, 2.05) is 19.2 Å². The first-order chi connectivity index (χ1) is 6.74. The van der Waals surface area contributed by atoms with Gasteiger partial charge in [-0.15, -0.1) is 0 Å². The SMILES string of the molecule is CSNCCNc1ccc(N)nc1C. The fourth-order valence-corrected chi connectivity index (χ4v) is 1.42. The van der Waals surface area contributed by atoms with Gasteiger partial charge in [0.1, 0.15) is 5.82 Å². The maximum atomic E-state index is 5.55. The van der Waals surface area contributed by atoms with Gasteiger partial charge in [0.25, 0.3) is 0 Å². The second-order valence-corrected chi connectivity index (χ2v) is 3.59. The largest absolute Gasteiger partial charge is 0.384 e. The van der Waals surface area contributed by atoms with Crippen molar-refractivity contribution in [1.29, 1.82) is 0 Å². The number of nitrogens with one attached hydrogen (secondary N) is 2. The summed E-state index contributed by atoms with van der Waals surface area (Å²) >= 11 is 1.62. The summed E-state index contributed by atoms with van der Waals surface area (Å²) in [5, 5.41) is 3.28. The summed E-state index contributed by atoms with van der Waals surface area (Å²) < 4.78 is 3.16. The Kier molecular flexibility index (Phi) is 4.55. The van der Waals surface area contributed by atoms with Crippen molar-refractivity contribution in [1.82, 2.24) is 9.71 Å². The predicted octanol–water partition coefficient (Wildman–Crippen LogP) is 1.25. The van der Waals surface area contributed by atoms with Crippen molar-refractivity contribution in [3.8, 4) is 0 Å². The third kappa shape index (κ3) is 3.43. The third-order valence-electron chi connectivity index (χ3n) is 1.79. The highest BCUT2D eigenvalue weighted by Gasteiger charge is 1.98. The number of aryl methyl sites for hydroxylation is 1. The Balaban J connectivity index is 2.42. The van der Waals surface area contributed by atoms with Crippen LogP contribution in [0.5, 0.6) is 0 Å². The smallest absolute Gasteiger partial charge is 0.123 e. The Morgan fingerprint density at radius 1 is 1.43 bits per heavy atom. The van der Waals surface area contributed by atoms with Gasteiger partial charge >= 0.3 is 0 Å². The van der Waals surface area contributed by atoms with Gasteiger partial charge in [0.2, 0.25) is 0 Å². The molecule has 0 atom stereocenters. The molecule has 0 aliphatic carbocycles. The first-order valence-electron chi connectivity index (χ1n) is 4.47. The van der Waals surface area contributed by atoms with Gasteiger partial charge in [-0.1, -0.05) is 11.9 Å². The van der Waals surface area contributed by atoms with Crippen LogP contribution in [0, 0.1) is 6.92 Å². The van der Waals surface area contributed by atoms with E-state index in [2.05, 4.69) is 15.0 Å². The van der Waals surface area contributed by atoms with Gasteiger partial charge in [-0.3, -0.25) is 4.72 Å². The molecule has 0 amide bonds. The van der Waals surface area contributed by atoms with E-state index in [0.717, 1.165) is 24.5 Å². The van der Waals surface area contributed by atoms with E-state index < -0.39 is 0 Å². The van der Waals surface area contributed by atoms with Crippen LogP contribution in [-0.2, 0) is 0 Å². The number of rotatable bonds is 5. The van der Waals surface area contributed by atoms with E-state index in [1.54, 1.807) is 18.0 Å². The molecule has 0 fully saturated rings. The molecule has 0 saturated heterocycles. The van der Waals surface area contributed by atoms with Crippen LogP contribution in [0.4, 0.5) is 11.5 Å². The molecule has 5 heteroatoms. The average Bonchev–Trinajstić information content (AvgIpc) is 2.15. The molecule has 1 rings (SSSR count). The number of aromatic nitrogens is 1. The fourth-order valence-electron chi connectivity index (χ4n) is 1.12. The molecule has 0 aromatic carbocycles. The van der Waals surface area contributed by atoms with E-state index in [1.165, 1.54) is 0 Å². The van der Waals surface area contributed by atoms with Crippen LogP contribution in [0.1, 0.15) is 5.69 Å². The zero-order valence-corrected chi connectivity index (χ0v) is 9.32. The summed E-state index contributed by atoms with van der Waals surface area (Å²) in [6.07, 6.45) is 2.01. The maximum Gasteiger partial charge on any atom is 0.123 e. The Morgan fingerprint density at radius 3 is 2.86 bits per heavy atom. The van der Waals surface area contributed by atoms with Gasteiger partial charge in [0.05, 0.1) is 11.4 Å². The molecule has 0 unspecified atom stereocenters. The number of nitrogen functional groups attached to an aromatic ring is 1. The summed E-state index contributed by atoms with van der Waals surface area (Å²) in [5.74, 6) is 0.565. The Hall–Kier alpha value is -0.940.